The molecule has 0 bridgehead atoms. The van der Waals surface area contributed by atoms with Gasteiger partial charge in [0.15, 0.2) is 11.5 Å². The van der Waals surface area contributed by atoms with Crippen LogP contribution in [0.5, 0.6) is 17.2 Å². The Kier molecular flexibility index (Phi) is 8.44. The average molecular weight is 589 g/mol. The zero-order chi connectivity index (χ0) is 28.3. The molecule has 1 fully saturated rings. The summed E-state index contributed by atoms with van der Waals surface area (Å²) < 4.78 is 15.7. The molecular formula is C26H18Cl2N2O8S. The summed E-state index contributed by atoms with van der Waals surface area (Å²) in [6, 6.07) is 13.2. The number of hydrogen-bond acceptors (Lipinski definition) is 9. The first-order chi connectivity index (χ1) is 18.6. The minimum absolute atomic E-state index is 0.00961. The Bertz CT molecular complexity index is 1520. The molecule has 3 aromatic rings. The van der Waals surface area contributed by atoms with Crippen LogP contribution in [0.1, 0.15) is 21.5 Å². The molecule has 10 nitrogen and oxygen atoms in total. The standard InChI is InChI=1S/C26H18Cl2N2O8S/c1-36-22-10-14(6-8-21(22)38-20-9-7-15(25(32)37-2)12-19(20)30(34)35)11-23-24(31)29(26(33)39-23)13-16-17(27)4-3-5-18(16)28/h3-12H,13H2,1-2H3/b23-11-. The molecule has 0 aromatic heterocycles. The number of esters is 1. The normalized spacial score (nSPS) is 14.1. The van der Waals surface area contributed by atoms with Gasteiger partial charge in [0.05, 0.1) is 36.2 Å². The molecule has 1 saturated heterocycles. The lowest BCUT2D eigenvalue weighted by Crippen LogP contribution is -2.27. The van der Waals surface area contributed by atoms with E-state index in [0.29, 0.717) is 21.2 Å². The van der Waals surface area contributed by atoms with Crippen LogP contribution in [-0.4, -0.2) is 41.2 Å². The summed E-state index contributed by atoms with van der Waals surface area (Å²) in [6.07, 6.45) is 1.51. The fourth-order valence-electron chi connectivity index (χ4n) is 3.60. The van der Waals surface area contributed by atoms with Gasteiger partial charge in [-0.3, -0.25) is 24.6 Å². The maximum absolute atomic E-state index is 13.0. The average Bonchev–Trinajstić information content (AvgIpc) is 3.18. The smallest absolute Gasteiger partial charge is 0.338 e. The second-order valence-corrected chi connectivity index (χ2v) is 9.72. The van der Waals surface area contributed by atoms with Crippen molar-refractivity contribution < 1.29 is 33.5 Å². The molecule has 1 heterocycles. The molecule has 1 aliphatic heterocycles. The predicted molar refractivity (Wildman–Crippen MR) is 145 cm³/mol. The summed E-state index contributed by atoms with van der Waals surface area (Å²) in [4.78, 5) is 49.4. The van der Waals surface area contributed by atoms with E-state index in [2.05, 4.69) is 4.74 Å². The zero-order valence-electron chi connectivity index (χ0n) is 20.3. The van der Waals surface area contributed by atoms with Crippen molar-refractivity contribution in [3.05, 3.63) is 96.4 Å². The number of carbonyl (C=O) groups is 3. The fourth-order valence-corrected chi connectivity index (χ4v) is 4.95. The Hall–Kier alpha value is -4.06. The molecule has 13 heteroatoms. The minimum Gasteiger partial charge on any atom is -0.493 e. The van der Waals surface area contributed by atoms with Crippen LogP contribution in [0.3, 0.4) is 0 Å². The first-order valence-corrected chi connectivity index (χ1v) is 12.6. The number of carbonyl (C=O) groups excluding carboxylic acids is 3. The summed E-state index contributed by atoms with van der Waals surface area (Å²) in [5.41, 5.74) is 0.512. The molecule has 3 aromatic carbocycles. The highest BCUT2D eigenvalue weighted by Gasteiger charge is 2.35. The number of rotatable bonds is 8. The Labute approximate surface area is 236 Å². The Morgan fingerprint density at radius 1 is 1.03 bits per heavy atom. The number of halogens is 2. The molecule has 0 N–H and O–H groups in total. The Morgan fingerprint density at radius 2 is 1.72 bits per heavy atom. The maximum Gasteiger partial charge on any atom is 0.338 e. The van der Waals surface area contributed by atoms with Gasteiger partial charge in [-0.05, 0) is 59.8 Å². The summed E-state index contributed by atoms with van der Waals surface area (Å²) >= 11 is 13.2. The molecule has 0 aliphatic carbocycles. The van der Waals surface area contributed by atoms with E-state index in [9.17, 15) is 24.5 Å². The van der Waals surface area contributed by atoms with Crippen molar-refractivity contribution in [1.29, 1.82) is 0 Å². The van der Waals surface area contributed by atoms with E-state index in [1.54, 1.807) is 30.3 Å². The second-order valence-electron chi connectivity index (χ2n) is 7.91. The summed E-state index contributed by atoms with van der Waals surface area (Å²) in [6.45, 7) is -0.0792. The minimum atomic E-state index is -0.731. The van der Waals surface area contributed by atoms with Crippen LogP contribution in [0.15, 0.2) is 59.5 Å². The second kappa shape index (κ2) is 11.8. The van der Waals surface area contributed by atoms with Crippen LogP contribution in [0, 0.1) is 10.1 Å². The van der Waals surface area contributed by atoms with Gasteiger partial charge in [-0.2, -0.15) is 0 Å². The van der Waals surface area contributed by atoms with Crippen LogP contribution in [0.25, 0.3) is 6.08 Å². The monoisotopic (exact) mass is 588 g/mol. The van der Waals surface area contributed by atoms with Gasteiger partial charge in [0, 0.05) is 21.7 Å². The number of amides is 2. The molecule has 2 amide bonds. The largest absolute Gasteiger partial charge is 0.493 e. The molecule has 0 spiro atoms. The third kappa shape index (κ3) is 6.00. The van der Waals surface area contributed by atoms with E-state index in [4.69, 9.17) is 32.7 Å². The van der Waals surface area contributed by atoms with Gasteiger partial charge >= 0.3 is 11.7 Å². The lowest BCUT2D eigenvalue weighted by atomic mass is 10.1. The number of methoxy groups -OCH3 is 2. The lowest BCUT2D eigenvalue weighted by Gasteiger charge is -2.14. The molecule has 0 radical (unpaired) electrons. The molecule has 1 aliphatic rings. The first kappa shape index (κ1) is 28.0. The predicted octanol–water partition coefficient (Wildman–Crippen LogP) is 6.73. The molecule has 200 valence electrons. The van der Waals surface area contributed by atoms with E-state index in [1.807, 2.05) is 0 Å². The highest BCUT2D eigenvalue weighted by molar-refractivity contribution is 8.18. The molecular weight excluding hydrogens is 571 g/mol. The third-order valence-electron chi connectivity index (χ3n) is 5.53. The van der Waals surface area contributed by atoms with Gasteiger partial charge in [-0.25, -0.2) is 4.79 Å². The van der Waals surface area contributed by atoms with E-state index in [-0.39, 0.29) is 34.3 Å². The molecule has 0 atom stereocenters. The number of thioether (sulfide) groups is 1. The van der Waals surface area contributed by atoms with Crippen LogP contribution in [0.2, 0.25) is 10.0 Å². The molecule has 0 saturated carbocycles. The van der Waals surface area contributed by atoms with Crippen molar-refractivity contribution in [3.8, 4) is 17.2 Å². The number of hydrogen-bond donors (Lipinski definition) is 0. The quantitative estimate of drug-likeness (QED) is 0.122. The molecule has 0 unspecified atom stereocenters. The first-order valence-electron chi connectivity index (χ1n) is 11.0. The van der Waals surface area contributed by atoms with Gasteiger partial charge in [-0.15, -0.1) is 0 Å². The summed E-state index contributed by atoms with van der Waals surface area (Å²) in [7, 11) is 2.54. The van der Waals surface area contributed by atoms with Crippen LogP contribution >= 0.6 is 35.0 Å². The number of imide groups is 1. The lowest BCUT2D eigenvalue weighted by molar-refractivity contribution is -0.385. The highest BCUT2D eigenvalue weighted by Crippen LogP contribution is 2.39. The van der Waals surface area contributed by atoms with Gasteiger partial charge < -0.3 is 14.2 Å². The van der Waals surface area contributed by atoms with E-state index in [1.165, 1.54) is 38.5 Å². The van der Waals surface area contributed by atoms with Crippen LogP contribution in [-0.2, 0) is 16.1 Å². The van der Waals surface area contributed by atoms with Crippen LogP contribution in [0.4, 0.5) is 10.5 Å². The molecule has 39 heavy (non-hydrogen) atoms. The van der Waals surface area contributed by atoms with E-state index in [0.717, 1.165) is 22.7 Å². The number of ether oxygens (including phenoxy) is 3. The SMILES string of the molecule is COC(=O)c1ccc(Oc2ccc(/C=C3\SC(=O)N(Cc4c(Cl)cccc4Cl)C3=O)cc2OC)c([N+](=O)[O-])c1. The van der Waals surface area contributed by atoms with E-state index < -0.39 is 27.7 Å². The van der Waals surface area contributed by atoms with Crippen molar-refractivity contribution in [1.82, 2.24) is 4.90 Å². The highest BCUT2D eigenvalue weighted by atomic mass is 35.5. The van der Waals surface area contributed by atoms with Gasteiger partial charge in [-0.1, -0.05) is 35.3 Å². The van der Waals surface area contributed by atoms with Gasteiger partial charge in [0.25, 0.3) is 11.1 Å². The Morgan fingerprint density at radius 3 is 2.36 bits per heavy atom. The number of nitro groups is 1. The van der Waals surface area contributed by atoms with E-state index >= 15 is 0 Å². The van der Waals surface area contributed by atoms with Crippen molar-refractivity contribution in [2.45, 2.75) is 6.54 Å². The zero-order valence-corrected chi connectivity index (χ0v) is 22.6. The van der Waals surface area contributed by atoms with Crippen LogP contribution < -0.4 is 9.47 Å². The Balaban J connectivity index is 1.58. The van der Waals surface area contributed by atoms with Gasteiger partial charge in [0.1, 0.15) is 0 Å². The molecule has 4 rings (SSSR count). The topological polar surface area (TPSA) is 125 Å². The van der Waals surface area contributed by atoms with Gasteiger partial charge in [0.2, 0.25) is 5.75 Å². The third-order valence-corrected chi connectivity index (χ3v) is 7.15. The number of benzene rings is 3. The maximum atomic E-state index is 13.0. The van der Waals surface area contributed by atoms with Crippen molar-refractivity contribution in [2.75, 3.05) is 14.2 Å². The van der Waals surface area contributed by atoms with Crippen molar-refractivity contribution in [2.24, 2.45) is 0 Å². The summed E-state index contributed by atoms with van der Waals surface area (Å²) in [5, 5.41) is 11.8. The fraction of sp³-hybridized carbons (Fsp3) is 0.115. The van der Waals surface area contributed by atoms with Crippen molar-refractivity contribution in [3.63, 3.8) is 0 Å². The number of nitrogens with zero attached hydrogens (tertiary/aromatic N) is 2. The number of nitro benzene ring substituents is 1. The summed E-state index contributed by atoms with van der Waals surface area (Å²) in [5.74, 6) is -1.02. The van der Waals surface area contributed by atoms with Crippen molar-refractivity contribution >= 4 is 63.8 Å².